The van der Waals surface area contributed by atoms with Crippen molar-refractivity contribution in [2.24, 2.45) is 0 Å². The molecule has 1 heterocycles. The van der Waals surface area contributed by atoms with Crippen LogP contribution in [0.15, 0.2) is 63.8 Å². The Bertz CT molecular complexity index is 844. The van der Waals surface area contributed by atoms with E-state index >= 15 is 0 Å². The summed E-state index contributed by atoms with van der Waals surface area (Å²) in [5, 5.41) is 2.76. The van der Waals surface area contributed by atoms with Gasteiger partial charge in [-0.3, -0.25) is 0 Å². The molecule has 0 saturated heterocycles. The SMILES string of the molecule is CC=CCOc1cc(=O)oc2c1ccc1ccccc12. The van der Waals surface area contributed by atoms with Crippen LogP contribution in [-0.2, 0) is 0 Å². The lowest BCUT2D eigenvalue weighted by Crippen LogP contribution is -2.02. The number of allylic oxidation sites excluding steroid dienone is 1. The molecule has 0 aliphatic rings. The molecule has 2 aromatic carbocycles. The van der Waals surface area contributed by atoms with Crippen molar-refractivity contribution in [3.63, 3.8) is 0 Å². The fourth-order valence-electron chi connectivity index (χ4n) is 2.22. The van der Waals surface area contributed by atoms with Crippen LogP contribution in [0.3, 0.4) is 0 Å². The van der Waals surface area contributed by atoms with Gasteiger partial charge in [0.25, 0.3) is 0 Å². The lowest BCUT2D eigenvalue weighted by Gasteiger charge is -2.08. The van der Waals surface area contributed by atoms with Gasteiger partial charge in [0, 0.05) is 5.39 Å². The largest absolute Gasteiger partial charge is 0.488 e. The van der Waals surface area contributed by atoms with Crippen LogP contribution in [0.5, 0.6) is 5.75 Å². The van der Waals surface area contributed by atoms with E-state index in [0.717, 1.165) is 16.2 Å². The van der Waals surface area contributed by atoms with Gasteiger partial charge >= 0.3 is 5.63 Å². The Morgan fingerprint density at radius 1 is 1.15 bits per heavy atom. The van der Waals surface area contributed by atoms with E-state index in [-0.39, 0.29) is 0 Å². The van der Waals surface area contributed by atoms with Crippen LogP contribution in [0.4, 0.5) is 0 Å². The quantitative estimate of drug-likeness (QED) is 0.410. The van der Waals surface area contributed by atoms with Crippen molar-refractivity contribution in [1.29, 1.82) is 0 Å². The van der Waals surface area contributed by atoms with Gasteiger partial charge in [-0.05, 0) is 18.4 Å². The predicted octanol–water partition coefficient (Wildman–Crippen LogP) is 3.90. The Kier molecular flexibility index (Phi) is 3.25. The summed E-state index contributed by atoms with van der Waals surface area (Å²) in [6.07, 6.45) is 3.80. The predicted molar refractivity (Wildman–Crippen MR) is 80.3 cm³/mol. The molecule has 3 heteroatoms. The first-order chi connectivity index (χ1) is 9.79. The molecule has 100 valence electrons. The molecule has 3 nitrogen and oxygen atoms in total. The second-order valence-corrected chi connectivity index (χ2v) is 4.47. The summed E-state index contributed by atoms with van der Waals surface area (Å²) in [6, 6.07) is 13.1. The van der Waals surface area contributed by atoms with Crippen molar-refractivity contribution in [2.75, 3.05) is 6.61 Å². The van der Waals surface area contributed by atoms with Crippen molar-refractivity contribution in [1.82, 2.24) is 0 Å². The summed E-state index contributed by atoms with van der Waals surface area (Å²) >= 11 is 0. The van der Waals surface area contributed by atoms with Gasteiger partial charge in [-0.2, -0.15) is 0 Å². The number of rotatable bonds is 3. The van der Waals surface area contributed by atoms with Gasteiger partial charge in [0.2, 0.25) is 0 Å². The van der Waals surface area contributed by atoms with E-state index in [1.165, 1.54) is 6.07 Å². The van der Waals surface area contributed by atoms with E-state index in [4.69, 9.17) is 9.15 Å². The molecule has 3 aromatic rings. The second kappa shape index (κ2) is 5.21. The summed E-state index contributed by atoms with van der Waals surface area (Å²) < 4.78 is 11.0. The van der Waals surface area contributed by atoms with E-state index in [1.54, 1.807) is 0 Å². The minimum absolute atomic E-state index is 0.399. The highest BCUT2D eigenvalue weighted by Gasteiger charge is 2.09. The van der Waals surface area contributed by atoms with Gasteiger partial charge in [-0.1, -0.05) is 42.5 Å². The Labute approximate surface area is 116 Å². The van der Waals surface area contributed by atoms with Crippen LogP contribution in [-0.4, -0.2) is 6.61 Å². The summed E-state index contributed by atoms with van der Waals surface area (Å²) in [7, 11) is 0. The van der Waals surface area contributed by atoms with Crippen LogP contribution in [0, 0.1) is 0 Å². The second-order valence-electron chi connectivity index (χ2n) is 4.47. The first kappa shape index (κ1) is 12.5. The van der Waals surface area contributed by atoms with Crippen LogP contribution >= 0.6 is 0 Å². The highest BCUT2D eigenvalue weighted by Crippen LogP contribution is 2.30. The number of benzene rings is 2. The highest BCUT2D eigenvalue weighted by molar-refractivity contribution is 6.05. The van der Waals surface area contributed by atoms with E-state index in [1.807, 2.05) is 55.5 Å². The fraction of sp³-hybridized carbons (Fsp3) is 0.118. The summed E-state index contributed by atoms with van der Waals surface area (Å²) in [5.74, 6) is 0.556. The van der Waals surface area contributed by atoms with Crippen molar-refractivity contribution in [3.8, 4) is 5.75 Å². The first-order valence-electron chi connectivity index (χ1n) is 6.49. The molecule has 0 bridgehead atoms. The zero-order chi connectivity index (χ0) is 13.9. The molecule has 0 radical (unpaired) electrons. The van der Waals surface area contributed by atoms with E-state index in [9.17, 15) is 4.79 Å². The molecule has 0 spiro atoms. The Hall–Kier alpha value is -2.55. The number of hydrogen-bond donors (Lipinski definition) is 0. The molecular weight excluding hydrogens is 252 g/mol. The molecule has 0 atom stereocenters. The first-order valence-corrected chi connectivity index (χ1v) is 6.49. The monoisotopic (exact) mass is 266 g/mol. The number of fused-ring (bicyclic) bond motifs is 3. The Balaban J connectivity index is 2.26. The van der Waals surface area contributed by atoms with Gasteiger partial charge in [0.15, 0.2) is 0 Å². The maximum absolute atomic E-state index is 11.7. The third-order valence-corrected chi connectivity index (χ3v) is 3.17. The maximum atomic E-state index is 11.7. The highest BCUT2D eigenvalue weighted by atomic mass is 16.5. The molecular formula is C17H14O3. The fourth-order valence-corrected chi connectivity index (χ4v) is 2.22. The van der Waals surface area contributed by atoms with E-state index in [2.05, 4.69) is 0 Å². The molecule has 0 aliphatic carbocycles. The summed E-state index contributed by atoms with van der Waals surface area (Å²) in [4.78, 5) is 11.7. The zero-order valence-corrected chi connectivity index (χ0v) is 11.1. The normalized spacial score (nSPS) is 11.4. The zero-order valence-electron chi connectivity index (χ0n) is 11.1. The van der Waals surface area contributed by atoms with Crippen molar-refractivity contribution < 1.29 is 9.15 Å². The minimum Gasteiger partial charge on any atom is -0.488 e. The lowest BCUT2D eigenvalue weighted by atomic mass is 10.1. The smallest absolute Gasteiger partial charge is 0.339 e. The third kappa shape index (κ3) is 2.18. The molecule has 0 fully saturated rings. The van der Waals surface area contributed by atoms with Crippen molar-refractivity contribution >= 4 is 21.7 Å². The van der Waals surface area contributed by atoms with Crippen molar-refractivity contribution in [3.05, 3.63) is 65.0 Å². The summed E-state index contributed by atoms with van der Waals surface area (Å²) in [5.41, 5.74) is 0.176. The van der Waals surface area contributed by atoms with Gasteiger partial charge < -0.3 is 9.15 Å². The molecule has 0 amide bonds. The Morgan fingerprint density at radius 3 is 2.85 bits per heavy atom. The average molecular weight is 266 g/mol. The lowest BCUT2D eigenvalue weighted by molar-refractivity contribution is 0.363. The number of hydrogen-bond acceptors (Lipinski definition) is 3. The molecule has 20 heavy (non-hydrogen) atoms. The molecule has 3 rings (SSSR count). The molecule has 1 aromatic heterocycles. The van der Waals surface area contributed by atoms with Gasteiger partial charge in [0.05, 0.1) is 11.5 Å². The van der Waals surface area contributed by atoms with E-state index < -0.39 is 5.63 Å². The number of ether oxygens (including phenoxy) is 1. The average Bonchev–Trinajstić information content (AvgIpc) is 2.47. The van der Waals surface area contributed by atoms with Crippen LogP contribution in [0.1, 0.15) is 6.92 Å². The molecule has 0 unspecified atom stereocenters. The van der Waals surface area contributed by atoms with Crippen LogP contribution < -0.4 is 10.4 Å². The molecule has 0 aliphatic heterocycles. The van der Waals surface area contributed by atoms with Gasteiger partial charge in [-0.15, -0.1) is 0 Å². The van der Waals surface area contributed by atoms with Gasteiger partial charge in [0.1, 0.15) is 17.9 Å². The van der Waals surface area contributed by atoms with Gasteiger partial charge in [-0.25, -0.2) is 4.79 Å². The van der Waals surface area contributed by atoms with Crippen LogP contribution in [0.25, 0.3) is 21.7 Å². The standard InChI is InChI=1S/C17H14O3/c1-2-3-10-19-15-11-16(18)20-17-13-7-5-4-6-12(13)8-9-14(15)17/h2-9,11H,10H2,1H3. The molecule has 0 N–H and O–H groups in total. The van der Waals surface area contributed by atoms with E-state index in [0.29, 0.717) is 17.9 Å². The maximum Gasteiger partial charge on any atom is 0.339 e. The topological polar surface area (TPSA) is 39.4 Å². The van der Waals surface area contributed by atoms with Crippen LogP contribution in [0.2, 0.25) is 0 Å². The third-order valence-electron chi connectivity index (χ3n) is 3.17. The van der Waals surface area contributed by atoms with Crippen molar-refractivity contribution in [2.45, 2.75) is 6.92 Å². The molecule has 0 saturated carbocycles. The Morgan fingerprint density at radius 2 is 2.00 bits per heavy atom. The summed E-state index contributed by atoms with van der Waals surface area (Å²) in [6.45, 7) is 2.36. The minimum atomic E-state index is -0.399.